The lowest BCUT2D eigenvalue weighted by Gasteiger charge is -2.14. The summed E-state index contributed by atoms with van der Waals surface area (Å²) < 4.78 is 24.8. The van der Waals surface area contributed by atoms with E-state index in [0.717, 1.165) is 10.2 Å². The highest BCUT2D eigenvalue weighted by Crippen LogP contribution is 2.32. The first-order valence-electron chi connectivity index (χ1n) is 9.89. The number of anilines is 1. The molecule has 0 bridgehead atoms. The number of rotatable bonds is 7. The van der Waals surface area contributed by atoms with Gasteiger partial charge in [-0.15, -0.1) is 0 Å². The lowest BCUT2D eigenvalue weighted by molar-refractivity contribution is 0.0988. The van der Waals surface area contributed by atoms with Crippen LogP contribution in [0.1, 0.15) is 22.8 Å². The van der Waals surface area contributed by atoms with Crippen molar-refractivity contribution in [3.8, 4) is 11.5 Å². The van der Waals surface area contributed by atoms with Crippen LogP contribution in [0.4, 0.5) is 9.52 Å². The quantitative estimate of drug-likeness (QED) is 0.275. The SMILES string of the molecule is CCOc1ccc(C(=O)N(/N=C/c2ccc(F)cc2)c2nc3ccc(OC)cc3s2)cc1. The van der Waals surface area contributed by atoms with Gasteiger partial charge in [-0.05, 0) is 67.1 Å². The fourth-order valence-electron chi connectivity index (χ4n) is 2.95. The molecule has 6 nitrogen and oxygen atoms in total. The van der Waals surface area contributed by atoms with Crippen LogP contribution in [0.5, 0.6) is 11.5 Å². The number of hydrazone groups is 1. The van der Waals surface area contributed by atoms with E-state index in [-0.39, 0.29) is 11.7 Å². The fraction of sp³-hybridized carbons (Fsp3) is 0.125. The predicted octanol–water partition coefficient (Wildman–Crippen LogP) is 5.52. The minimum atomic E-state index is -0.350. The number of carbonyl (C=O) groups is 1. The number of thiazole rings is 1. The van der Waals surface area contributed by atoms with Gasteiger partial charge in [-0.25, -0.2) is 9.37 Å². The van der Waals surface area contributed by atoms with Crippen LogP contribution in [0.2, 0.25) is 0 Å². The molecule has 0 fully saturated rings. The molecule has 0 aliphatic rings. The zero-order valence-electron chi connectivity index (χ0n) is 17.5. The van der Waals surface area contributed by atoms with Crippen molar-refractivity contribution in [1.82, 2.24) is 4.98 Å². The van der Waals surface area contributed by atoms with Gasteiger partial charge in [-0.2, -0.15) is 10.1 Å². The molecule has 0 atom stereocenters. The van der Waals surface area contributed by atoms with Crippen LogP contribution in [0.15, 0.2) is 71.8 Å². The van der Waals surface area contributed by atoms with E-state index in [1.165, 1.54) is 34.7 Å². The summed E-state index contributed by atoms with van der Waals surface area (Å²) in [5.41, 5.74) is 1.81. The normalized spacial score (nSPS) is 11.1. The van der Waals surface area contributed by atoms with Crippen molar-refractivity contribution in [2.45, 2.75) is 6.92 Å². The zero-order valence-corrected chi connectivity index (χ0v) is 18.3. The molecule has 3 aromatic carbocycles. The van der Waals surface area contributed by atoms with E-state index in [1.807, 2.05) is 25.1 Å². The molecule has 0 spiro atoms. The van der Waals surface area contributed by atoms with Crippen molar-refractivity contribution in [1.29, 1.82) is 0 Å². The number of carbonyl (C=O) groups excluding carboxylic acids is 1. The van der Waals surface area contributed by atoms with Crippen molar-refractivity contribution in [2.24, 2.45) is 5.10 Å². The molecule has 0 aliphatic heterocycles. The number of aromatic nitrogens is 1. The van der Waals surface area contributed by atoms with E-state index in [4.69, 9.17) is 9.47 Å². The second-order valence-corrected chi connectivity index (χ2v) is 7.71. The van der Waals surface area contributed by atoms with Gasteiger partial charge in [0.05, 0.1) is 30.1 Å². The Balaban J connectivity index is 1.71. The number of hydrogen-bond acceptors (Lipinski definition) is 6. The Labute approximate surface area is 188 Å². The van der Waals surface area contributed by atoms with Crippen LogP contribution in [0.25, 0.3) is 10.2 Å². The summed E-state index contributed by atoms with van der Waals surface area (Å²) in [6.07, 6.45) is 1.50. The Bertz CT molecular complexity index is 1250. The molecule has 0 saturated carbocycles. The maximum atomic E-state index is 13.3. The van der Waals surface area contributed by atoms with Crippen LogP contribution < -0.4 is 14.5 Å². The first-order valence-corrected chi connectivity index (χ1v) is 10.7. The van der Waals surface area contributed by atoms with E-state index < -0.39 is 0 Å². The van der Waals surface area contributed by atoms with Gasteiger partial charge in [-0.3, -0.25) is 4.79 Å². The minimum Gasteiger partial charge on any atom is -0.497 e. The fourth-order valence-corrected chi connectivity index (χ4v) is 3.91. The molecule has 0 aliphatic carbocycles. The van der Waals surface area contributed by atoms with Gasteiger partial charge in [0.15, 0.2) is 0 Å². The maximum Gasteiger partial charge on any atom is 0.280 e. The predicted molar refractivity (Wildman–Crippen MR) is 125 cm³/mol. The van der Waals surface area contributed by atoms with Crippen molar-refractivity contribution < 1.29 is 18.7 Å². The highest BCUT2D eigenvalue weighted by molar-refractivity contribution is 7.22. The van der Waals surface area contributed by atoms with Crippen LogP contribution in [0.3, 0.4) is 0 Å². The average Bonchev–Trinajstić information content (AvgIpc) is 3.24. The summed E-state index contributed by atoms with van der Waals surface area (Å²) in [4.78, 5) is 17.9. The van der Waals surface area contributed by atoms with Gasteiger partial charge >= 0.3 is 0 Å². The molecule has 0 unspecified atom stereocenters. The van der Waals surface area contributed by atoms with Gasteiger partial charge in [0.1, 0.15) is 17.3 Å². The lowest BCUT2D eigenvalue weighted by atomic mass is 10.2. The van der Waals surface area contributed by atoms with E-state index in [2.05, 4.69) is 10.1 Å². The Kier molecular flexibility index (Phi) is 6.42. The summed E-state index contributed by atoms with van der Waals surface area (Å²) in [6.45, 7) is 2.43. The molecule has 1 heterocycles. The standard InChI is InChI=1S/C24H20FN3O3S/c1-3-31-19-10-6-17(7-11-19)23(29)28(26-15-16-4-8-18(25)9-5-16)24-27-21-13-12-20(30-2)14-22(21)32-24/h4-15H,3H2,1-2H3/b26-15+. The highest BCUT2D eigenvalue weighted by Gasteiger charge is 2.21. The summed E-state index contributed by atoms with van der Waals surface area (Å²) >= 11 is 1.32. The number of ether oxygens (including phenoxy) is 2. The third-order valence-electron chi connectivity index (χ3n) is 4.56. The average molecular weight is 450 g/mol. The largest absolute Gasteiger partial charge is 0.497 e. The van der Waals surface area contributed by atoms with Crippen molar-refractivity contribution in [2.75, 3.05) is 18.7 Å². The number of methoxy groups -OCH3 is 1. The highest BCUT2D eigenvalue weighted by atomic mass is 32.1. The van der Waals surface area contributed by atoms with Crippen molar-refractivity contribution in [3.05, 3.63) is 83.7 Å². The Morgan fingerprint density at radius 1 is 1.09 bits per heavy atom. The molecule has 32 heavy (non-hydrogen) atoms. The third kappa shape index (κ3) is 4.76. The molecule has 8 heteroatoms. The zero-order chi connectivity index (χ0) is 22.5. The van der Waals surface area contributed by atoms with Crippen LogP contribution in [-0.2, 0) is 0 Å². The van der Waals surface area contributed by atoms with Crippen molar-refractivity contribution in [3.63, 3.8) is 0 Å². The van der Waals surface area contributed by atoms with E-state index in [9.17, 15) is 9.18 Å². The Hall–Kier alpha value is -3.78. The smallest absolute Gasteiger partial charge is 0.280 e. The molecule has 0 radical (unpaired) electrons. The topological polar surface area (TPSA) is 64.0 Å². The number of halogens is 1. The van der Waals surface area contributed by atoms with Crippen molar-refractivity contribution >= 4 is 38.8 Å². The molecule has 0 saturated heterocycles. The molecular formula is C24H20FN3O3S. The molecule has 1 aromatic heterocycles. The minimum absolute atomic E-state index is 0.343. The van der Waals surface area contributed by atoms with Gasteiger partial charge in [-0.1, -0.05) is 23.5 Å². The van der Waals surface area contributed by atoms with E-state index in [0.29, 0.717) is 34.4 Å². The van der Waals surface area contributed by atoms with Gasteiger partial charge in [0.25, 0.3) is 5.91 Å². The summed E-state index contributed by atoms with van der Waals surface area (Å²) in [6, 6.07) is 18.2. The van der Waals surface area contributed by atoms with Crippen LogP contribution >= 0.6 is 11.3 Å². The molecule has 4 aromatic rings. The Morgan fingerprint density at radius 3 is 2.50 bits per heavy atom. The maximum absolute atomic E-state index is 13.3. The first kappa shape index (κ1) is 21.5. The molecule has 4 rings (SSSR count). The number of fused-ring (bicyclic) bond motifs is 1. The third-order valence-corrected chi connectivity index (χ3v) is 5.56. The van der Waals surface area contributed by atoms with Crippen LogP contribution in [-0.4, -0.2) is 30.8 Å². The summed E-state index contributed by atoms with van der Waals surface area (Å²) in [5.74, 6) is 0.687. The summed E-state index contributed by atoms with van der Waals surface area (Å²) in [7, 11) is 1.60. The monoisotopic (exact) mass is 449 g/mol. The number of nitrogens with zero attached hydrogens (tertiary/aromatic N) is 3. The van der Waals surface area contributed by atoms with Crippen LogP contribution in [0, 0.1) is 5.82 Å². The lowest BCUT2D eigenvalue weighted by Crippen LogP contribution is -2.25. The molecule has 0 N–H and O–H groups in total. The Morgan fingerprint density at radius 2 is 1.81 bits per heavy atom. The number of amides is 1. The second kappa shape index (κ2) is 9.57. The molecular weight excluding hydrogens is 429 g/mol. The molecule has 1 amide bonds. The first-order chi connectivity index (χ1) is 15.6. The van der Waals surface area contributed by atoms with E-state index in [1.54, 1.807) is 43.5 Å². The number of benzene rings is 3. The van der Waals surface area contributed by atoms with Gasteiger partial charge < -0.3 is 9.47 Å². The van der Waals surface area contributed by atoms with Gasteiger partial charge in [0, 0.05) is 5.56 Å². The van der Waals surface area contributed by atoms with Gasteiger partial charge in [0.2, 0.25) is 5.13 Å². The second-order valence-electron chi connectivity index (χ2n) is 6.70. The van der Waals surface area contributed by atoms with E-state index >= 15 is 0 Å². The molecule has 162 valence electrons. The summed E-state index contributed by atoms with van der Waals surface area (Å²) in [5, 5.41) is 6.04. The number of hydrogen-bond donors (Lipinski definition) is 0.